The maximum absolute atomic E-state index is 13.0. The molecule has 2 aromatic carbocycles. The molecule has 0 aliphatic carbocycles. The predicted molar refractivity (Wildman–Crippen MR) is 117 cm³/mol. The Kier molecular flexibility index (Phi) is 5.62. The molecule has 0 radical (unpaired) electrons. The molecule has 0 saturated carbocycles. The molecule has 2 aromatic rings. The van der Waals surface area contributed by atoms with E-state index in [4.69, 9.17) is 11.6 Å². The number of ketones is 1. The molecule has 156 valence electrons. The first kappa shape index (κ1) is 20.6. The smallest absolute Gasteiger partial charge is 0.251 e. The monoisotopic (exact) mass is 425 g/mol. The van der Waals surface area contributed by atoms with Crippen molar-refractivity contribution in [2.24, 2.45) is 0 Å². The van der Waals surface area contributed by atoms with Crippen molar-refractivity contribution in [2.75, 3.05) is 36.0 Å². The number of amides is 2. The van der Waals surface area contributed by atoms with E-state index in [2.05, 4.69) is 9.80 Å². The fourth-order valence-electron chi connectivity index (χ4n) is 4.09. The highest BCUT2D eigenvalue weighted by Gasteiger charge is 2.43. The molecule has 1 atom stereocenters. The van der Waals surface area contributed by atoms with Crippen LogP contribution >= 0.6 is 11.6 Å². The Hall–Kier alpha value is -2.70. The highest BCUT2D eigenvalue weighted by atomic mass is 35.5. The van der Waals surface area contributed by atoms with Crippen molar-refractivity contribution in [3.8, 4) is 0 Å². The Morgan fingerprint density at radius 3 is 2.20 bits per heavy atom. The second kappa shape index (κ2) is 8.20. The minimum Gasteiger partial charge on any atom is -0.369 e. The number of piperazine rings is 1. The fraction of sp³-hybridized carbons (Fsp3) is 0.348. The summed E-state index contributed by atoms with van der Waals surface area (Å²) in [5.74, 6) is -0.318. The number of rotatable bonds is 4. The van der Waals surface area contributed by atoms with Crippen molar-refractivity contribution in [1.29, 1.82) is 0 Å². The van der Waals surface area contributed by atoms with E-state index in [1.54, 1.807) is 19.1 Å². The van der Waals surface area contributed by atoms with Crippen LogP contribution in [0.1, 0.15) is 29.3 Å². The van der Waals surface area contributed by atoms with Crippen LogP contribution in [0, 0.1) is 6.92 Å². The topological polar surface area (TPSA) is 60.9 Å². The summed E-state index contributed by atoms with van der Waals surface area (Å²) in [5, 5.41) is 0.543. The number of Topliss-reactive ketones (excluding diaryl/α,β-unsaturated/α-hetero) is 1. The third-order valence-corrected chi connectivity index (χ3v) is 6.34. The second-order valence-electron chi connectivity index (χ2n) is 7.85. The van der Waals surface area contributed by atoms with Crippen LogP contribution in [-0.4, -0.2) is 54.7 Å². The lowest BCUT2D eigenvalue weighted by Gasteiger charge is -2.38. The largest absolute Gasteiger partial charge is 0.369 e. The Morgan fingerprint density at radius 1 is 0.967 bits per heavy atom. The SMILES string of the molecule is CC(=O)c1ccc(N2CCN(C3CC(=O)N(c4ccc(C)c(Cl)c4)C3=O)CC2)cc1. The zero-order valence-corrected chi connectivity index (χ0v) is 17.9. The number of hydrogen-bond acceptors (Lipinski definition) is 5. The van der Waals surface area contributed by atoms with Crippen LogP contribution in [0.4, 0.5) is 11.4 Å². The number of imide groups is 1. The van der Waals surface area contributed by atoms with Gasteiger partial charge in [-0.15, -0.1) is 0 Å². The van der Waals surface area contributed by atoms with Crippen molar-refractivity contribution in [3.05, 3.63) is 58.6 Å². The molecule has 2 aliphatic rings. The van der Waals surface area contributed by atoms with E-state index in [-0.39, 0.29) is 24.0 Å². The average molecular weight is 426 g/mol. The average Bonchev–Trinajstić information content (AvgIpc) is 3.04. The van der Waals surface area contributed by atoms with Crippen LogP contribution in [-0.2, 0) is 9.59 Å². The quantitative estimate of drug-likeness (QED) is 0.555. The van der Waals surface area contributed by atoms with E-state index in [0.717, 1.165) is 24.3 Å². The van der Waals surface area contributed by atoms with Crippen LogP contribution in [0.5, 0.6) is 0 Å². The molecule has 2 fully saturated rings. The molecular weight excluding hydrogens is 402 g/mol. The van der Waals surface area contributed by atoms with Gasteiger partial charge in [-0.05, 0) is 55.8 Å². The number of anilines is 2. The summed E-state index contributed by atoms with van der Waals surface area (Å²) in [5.41, 5.74) is 3.20. The molecular formula is C23H24ClN3O3. The number of carbonyl (C=O) groups is 3. The molecule has 0 N–H and O–H groups in total. The van der Waals surface area contributed by atoms with Crippen LogP contribution in [0.3, 0.4) is 0 Å². The van der Waals surface area contributed by atoms with Crippen LogP contribution < -0.4 is 9.80 Å². The number of halogens is 1. The van der Waals surface area contributed by atoms with Gasteiger partial charge < -0.3 is 4.90 Å². The molecule has 1 unspecified atom stereocenters. The van der Waals surface area contributed by atoms with E-state index >= 15 is 0 Å². The number of aryl methyl sites for hydroxylation is 1. The maximum Gasteiger partial charge on any atom is 0.251 e. The summed E-state index contributed by atoms with van der Waals surface area (Å²) in [6.07, 6.45) is 0.192. The van der Waals surface area contributed by atoms with Crippen molar-refractivity contribution in [1.82, 2.24) is 4.90 Å². The highest BCUT2D eigenvalue weighted by molar-refractivity contribution is 6.32. The predicted octanol–water partition coefficient (Wildman–Crippen LogP) is 3.31. The molecule has 2 heterocycles. The number of nitrogens with zero attached hydrogens (tertiary/aromatic N) is 3. The number of benzene rings is 2. The summed E-state index contributed by atoms with van der Waals surface area (Å²) in [6, 6.07) is 12.4. The van der Waals surface area contributed by atoms with Gasteiger partial charge in [0.25, 0.3) is 5.91 Å². The van der Waals surface area contributed by atoms with Gasteiger partial charge in [-0.25, -0.2) is 4.90 Å². The third-order valence-electron chi connectivity index (χ3n) is 5.93. The van der Waals surface area contributed by atoms with E-state index in [1.807, 2.05) is 37.3 Å². The maximum atomic E-state index is 13.0. The summed E-state index contributed by atoms with van der Waals surface area (Å²) >= 11 is 6.19. The van der Waals surface area contributed by atoms with Gasteiger partial charge in [0.2, 0.25) is 5.91 Å². The first-order valence-electron chi connectivity index (χ1n) is 10.1. The van der Waals surface area contributed by atoms with Gasteiger partial charge in [-0.1, -0.05) is 17.7 Å². The first-order chi connectivity index (χ1) is 14.3. The Morgan fingerprint density at radius 2 is 1.60 bits per heavy atom. The van der Waals surface area contributed by atoms with Gasteiger partial charge >= 0.3 is 0 Å². The van der Waals surface area contributed by atoms with E-state index in [0.29, 0.717) is 29.4 Å². The number of hydrogen-bond donors (Lipinski definition) is 0. The molecule has 0 spiro atoms. The van der Waals surface area contributed by atoms with Crippen molar-refractivity contribution in [2.45, 2.75) is 26.3 Å². The Bertz CT molecular complexity index is 997. The zero-order valence-electron chi connectivity index (χ0n) is 17.1. The van der Waals surface area contributed by atoms with Gasteiger partial charge in [-0.2, -0.15) is 0 Å². The molecule has 0 aromatic heterocycles. The molecule has 4 rings (SSSR count). The van der Waals surface area contributed by atoms with Crippen LogP contribution in [0.2, 0.25) is 5.02 Å². The standard InChI is InChI=1S/C23H24ClN3O3/c1-15-3-6-19(13-20(15)24)27-22(29)14-21(23(27)30)26-11-9-25(10-12-26)18-7-4-17(5-8-18)16(2)28/h3-8,13,21H,9-12,14H2,1-2H3. The minimum atomic E-state index is -0.431. The lowest BCUT2D eigenvalue weighted by molar-refractivity contribution is -0.123. The summed E-state index contributed by atoms with van der Waals surface area (Å²) in [7, 11) is 0. The van der Waals surface area contributed by atoms with E-state index < -0.39 is 6.04 Å². The molecule has 7 heteroatoms. The van der Waals surface area contributed by atoms with E-state index in [1.165, 1.54) is 4.90 Å². The van der Waals surface area contributed by atoms with Gasteiger partial charge in [0, 0.05) is 42.5 Å². The van der Waals surface area contributed by atoms with Crippen molar-refractivity contribution >= 4 is 40.6 Å². The molecule has 30 heavy (non-hydrogen) atoms. The lowest BCUT2D eigenvalue weighted by Crippen LogP contribution is -2.52. The summed E-state index contributed by atoms with van der Waals surface area (Å²) in [4.78, 5) is 42.7. The van der Waals surface area contributed by atoms with Crippen LogP contribution in [0.15, 0.2) is 42.5 Å². The van der Waals surface area contributed by atoms with Crippen molar-refractivity contribution in [3.63, 3.8) is 0 Å². The zero-order chi connectivity index (χ0) is 21.4. The second-order valence-corrected chi connectivity index (χ2v) is 8.25. The van der Waals surface area contributed by atoms with E-state index in [9.17, 15) is 14.4 Å². The minimum absolute atomic E-state index is 0.0511. The fourth-order valence-corrected chi connectivity index (χ4v) is 4.27. The van der Waals surface area contributed by atoms with Gasteiger partial charge in [0.15, 0.2) is 5.78 Å². The first-order valence-corrected chi connectivity index (χ1v) is 10.5. The molecule has 0 bridgehead atoms. The van der Waals surface area contributed by atoms with Gasteiger partial charge in [-0.3, -0.25) is 19.3 Å². The highest BCUT2D eigenvalue weighted by Crippen LogP contribution is 2.30. The number of carbonyl (C=O) groups excluding carboxylic acids is 3. The molecule has 2 aliphatic heterocycles. The molecule has 2 amide bonds. The van der Waals surface area contributed by atoms with Crippen LogP contribution in [0.25, 0.3) is 0 Å². The van der Waals surface area contributed by atoms with Crippen molar-refractivity contribution < 1.29 is 14.4 Å². The Labute approximate surface area is 181 Å². The van der Waals surface area contributed by atoms with Gasteiger partial charge in [0.1, 0.15) is 0 Å². The lowest BCUT2D eigenvalue weighted by atomic mass is 10.1. The normalized spacial score (nSPS) is 20.2. The molecule has 6 nitrogen and oxygen atoms in total. The van der Waals surface area contributed by atoms with Gasteiger partial charge in [0.05, 0.1) is 18.2 Å². The summed E-state index contributed by atoms with van der Waals surface area (Å²) < 4.78 is 0. The summed E-state index contributed by atoms with van der Waals surface area (Å²) in [6.45, 7) is 6.35. The Balaban J connectivity index is 1.42. The third kappa shape index (κ3) is 3.85. The molecule has 2 saturated heterocycles.